The van der Waals surface area contributed by atoms with Crippen molar-refractivity contribution in [3.05, 3.63) is 65.7 Å². The molecule has 0 aliphatic carbocycles. The summed E-state index contributed by atoms with van der Waals surface area (Å²) in [7, 11) is 0. The second kappa shape index (κ2) is 9.08. The Balaban J connectivity index is 1.45. The number of anilines is 1. The van der Waals surface area contributed by atoms with Crippen molar-refractivity contribution >= 4 is 23.6 Å². The number of hydrogen-bond acceptors (Lipinski definition) is 4. The molecule has 28 heavy (non-hydrogen) atoms. The fraction of sp³-hybridized carbons (Fsp3) is 0.273. The number of carbonyl (C=O) groups is 2. The Morgan fingerprint density at radius 2 is 1.96 bits per heavy atom. The molecule has 2 aromatic rings. The summed E-state index contributed by atoms with van der Waals surface area (Å²) in [5.41, 5.74) is 8.53. The zero-order valence-corrected chi connectivity index (χ0v) is 15.9. The standard InChI is InChI=1S/C22H25N3O3/c1-16-14-18-4-2-3-5-20(18)25(16)13-12-24-22(27)11-8-17-6-9-19(10-7-17)28-15-21(23)26/h2-11,16H,12-15H2,1H3,(H2,23,26)(H,24,27). The minimum Gasteiger partial charge on any atom is -0.484 e. The van der Waals surface area contributed by atoms with Crippen LogP contribution < -0.4 is 20.7 Å². The number of primary amides is 1. The van der Waals surface area contributed by atoms with Gasteiger partial charge in [0.05, 0.1) is 0 Å². The highest BCUT2D eigenvalue weighted by Gasteiger charge is 2.24. The number of nitrogens with one attached hydrogen (secondary N) is 1. The van der Waals surface area contributed by atoms with Crippen molar-refractivity contribution in [1.82, 2.24) is 5.32 Å². The number of para-hydroxylation sites is 1. The lowest BCUT2D eigenvalue weighted by Crippen LogP contribution is -2.37. The van der Waals surface area contributed by atoms with E-state index in [1.165, 1.54) is 17.3 Å². The Hall–Kier alpha value is -3.28. The smallest absolute Gasteiger partial charge is 0.255 e. The van der Waals surface area contributed by atoms with Crippen LogP contribution in [-0.2, 0) is 16.0 Å². The second-order valence-corrected chi connectivity index (χ2v) is 6.82. The highest BCUT2D eigenvalue weighted by atomic mass is 16.5. The van der Waals surface area contributed by atoms with E-state index in [0.717, 1.165) is 18.5 Å². The van der Waals surface area contributed by atoms with Crippen molar-refractivity contribution in [2.24, 2.45) is 5.73 Å². The highest BCUT2D eigenvalue weighted by Crippen LogP contribution is 2.31. The first-order valence-corrected chi connectivity index (χ1v) is 9.34. The molecule has 3 N–H and O–H groups in total. The van der Waals surface area contributed by atoms with E-state index in [0.29, 0.717) is 18.3 Å². The van der Waals surface area contributed by atoms with Crippen LogP contribution in [0.25, 0.3) is 6.08 Å². The molecule has 6 heteroatoms. The van der Waals surface area contributed by atoms with Crippen molar-refractivity contribution in [1.29, 1.82) is 0 Å². The van der Waals surface area contributed by atoms with Gasteiger partial charge < -0.3 is 20.7 Å². The van der Waals surface area contributed by atoms with Gasteiger partial charge in [0, 0.05) is 30.9 Å². The van der Waals surface area contributed by atoms with Crippen LogP contribution in [0.2, 0.25) is 0 Å². The molecule has 1 unspecified atom stereocenters. The normalized spacial score (nSPS) is 15.5. The third-order valence-corrected chi connectivity index (χ3v) is 4.69. The van der Waals surface area contributed by atoms with Gasteiger partial charge in [-0.15, -0.1) is 0 Å². The average molecular weight is 379 g/mol. The van der Waals surface area contributed by atoms with Gasteiger partial charge in [-0.1, -0.05) is 30.3 Å². The molecule has 6 nitrogen and oxygen atoms in total. The predicted molar refractivity (Wildman–Crippen MR) is 110 cm³/mol. The van der Waals surface area contributed by atoms with Crippen molar-refractivity contribution in [2.75, 3.05) is 24.6 Å². The summed E-state index contributed by atoms with van der Waals surface area (Å²) in [6.07, 6.45) is 4.30. The first-order valence-electron chi connectivity index (χ1n) is 9.34. The summed E-state index contributed by atoms with van der Waals surface area (Å²) >= 11 is 0. The number of nitrogens with two attached hydrogens (primary N) is 1. The van der Waals surface area contributed by atoms with E-state index < -0.39 is 5.91 Å². The maximum Gasteiger partial charge on any atom is 0.255 e. The zero-order valence-electron chi connectivity index (χ0n) is 15.9. The van der Waals surface area contributed by atoms with Gasteiger partial charge in [-0.25, -0.2) is 0 Å². The number of nitrogens with zero attached hydrogens (tertiary/aromatic N) is 1. The first-order chi connectivity index (χ1) is 13.5. The van der Waals surface area contributed by atoms with Crippen LogP contribution in [0.3, 0.4) is 0 Å². The molecule has 0 saturated heterocycles. The lowest BCUT2D eigenvalue weighted by molar-refractivity contribution is -0.120. The Bertz CT molecular complexity index is 862. The van der Waals surface area contributed by atoms with Crippen LogP contribution in [0, 0.1) is 0 Å². The predicted octanol–water partition coefficient (Wildman–Crippen LogP) is 2.13. The monoisotopic (exact) mass is 379 g/mol. The number of benzene rings is 2. The lowest BCUT2D eigenvalue weighted by atomic mass is 10.1. The Labute approximate surface area is 165 Å². The van der Waals surface area contributed by atoms with Gasteiger partial charge in [-0.05, 0) is 48.7 Å². The number of amides is 2. The largest absolute Gasteiger partial charge is 0.484 e. The minimum atomic E-state index is -0.521. The van der Waals surface area contributed by atoms with Crippen LogP contribution in [0.15, 0.2) is 54.6 Å². The van der Waals surface area contributed by atoms with E-state index in [1.54, 1.807) is 18.2 Å². The van der Waals surface area contributed by atoms with Crippen molar-refractivity contribution in [3.8, 4) is 5.75 Å². The van der Waals surface area contributed by atoms with Gasteiger partial charge >= 0.3 is 0 Å². The third-order valence-electron chi connectivity index (χ3n) is 4.69. The molecule has 1 aliphatic rings. The van der Waals surface area contributed by atoms with E-state index in [4.69, 9.17) is 10.5 Å². The van der Waals surface area contributed by atoms with Crippen molar-refractivity contribution in [3.63, 3.8) is 0 Å². The topological polar surface area (TPSA) is 84.7 Å². The lowest BCUT2D eigenvalue weighted by Gasteiger charge is -2.24. The first kappa shape index (κ1) is 19.5. The van der Waals surface area contributed by atoms with Gasteiger partial charge in [0.1, 0.15) is 5.75 Å². The summed E-state index contributed by atoms with van der Waals surface area (Å²) in [6.45, 7) is 3.42. The Morgan fingerprint density at radius 3 is 2.71 bits per heavy atom. The van der Waals surface area contributed by atoms with Crippen LogP contribution in [-0.4, -0.2) is 37.6 Å². The van der Waals surface area contributed by atoms with E-state index in [9.17, 15) is 9.59 Å². The van der Waals surface area contributed by atoms with Crippen LogP contribution in [0.5, 0.6) is 5.75 Å². The van der Waals surface area contributed by atoms with E-state index in [-0.39, 0.29) is 12.5 Å². The second-order valence-electron chi connectivity index (χ2n) is 6.82. The molecule has 0 bridgehead atoms. The van der Waals surface area contributed by atoms with Gasteiger partial charge in [0.25, 0.3) is 5.91 Å². The maximum absolute atomic E-state index is 12.1. The van der Waals surface area contributed by atoms with E-state index >= 15 is 0 Å². The van der Waals surface area contributed by atoms with E-state index in [1.807, 2.05) is 12.1 Å². The molecule has 1 aliphatic heterocycles. The van der Waals surface area contributed by atoms with Gasteiger partial charge in [-0.3, -0.25) is 9.59 Å². The van der Waals surface area contributed by atoms with Crippen LogP contribution in [0.4, 0.5) is 5.69 Å². The molecule has 0 radical (unpaired) electrons. The van der Waals surface area contributed by atoms with E-state index in [2.05, 4.69) is 41.4 Å². The molecule has 146 valence electrons. The average Bonchev–Trinajstić information content (AvgIpc) is 3.01. The summed E-state index contributed by atoms with van der Waals surface area (Å²) < 4.78 is 5.20. The maximum atomic E-state index is 12.1. The van der Waals surface area contributed by atoms with Gasteiger partial charge in [-0.2, -0.15) is 0 Å². The summed E-state index contributed by atoms with van der Waals surface area (Å²) in [6, 6.07) is 15.9. The van der Waals surface area contributed by atoms with Crippen LogP contribution >= 0.6 is 0 Å². The fourth-order valence-corrected chi connectivity index (χ4v) is 3.33. The summed E-state index contributed by atoms with van der Waals surface area (Å²) in [5.74, 6) is -0.0953. The summed E-state index contributed by atoms with van der Waals surface area (Å²) in [5, 5.41) is 2.93. The molecule has 1 heterocycles. The summed E-state index contributed by atoms with van der Waals surface area (Å²) in [4.78, 5) is 25.1. The molecule has 1 atom stereocenters. The molecule has 2 aromatic carbocycles. The molecule has 3 rings (SSSR count). The van der Waals surface area contributed by atoms with Crippen LogP contribution in [0.1, 0.15) is 18.1 Å². The van der Waals surface area contributed by atoms with Gasteiger partial charge in [0.15, 0.2) is 6.61 Å². The molecule has 0 fully saturated rings. The molecule has 0 saturated carbocycles. The number of hydrogen-bond donors (Lipinski definition) is 2. The minimum absolute atomic E-state index is 0.130. The number of ether oxygens (including phenoxy) is 1. The molecular formula is C22H25N3O3. The van der Waals surface area contributed by atoms with Gasteiger partial charge in [0.2, 0.25) is 5.91 Å². The third kappa shape index (κ3) is 5.13. The number of carbonyl (C=O) groups excluding carboxylic acids is 2. The Kier molecular flexibility index (Phi) is 6.32. The molecule has 0 aromatic heterocycles. The Morgan fingerprint density at radius 1 is 1.21 bits per heavy atom. The van der Waals surface area contributed by atoms with Crippen molar-refractivity contribution in [2.45, 2.75) is 19.4 Å². The molecular weight excluding hydrogens is 354 g/mol. The molecule has 2 amide bonds. The quantitative estimate of drug-likeness (QED) is 0.688. The SMILES string of the molecule is CC1Cc2ccccc2N1CCNC(=O)C=Cc1ccc(OCC(N)=O)cc1. The molecule has 0 spiro atoms. The zero-order chi connectivity index (χ0) is 19.9. The number of rotatable bonds is 8. The fourth-order valence-electron chi connectivity index (χ4n) is 3.33. The highest BCUT2D eigenvalue weighted by molar-refractivity contribution is 5.91. The van der Waals surface area contributed by atoms with Crippen molar-refractivity contribution < 1.29 is 14.3 Å². The number of fused-ring (bicyclic) bond motifs is 1.